The monoisotopic (exact) mass is 198 g/mol. The second-order valence-electron chi connectivity index (χ2n) is 5.27. The van der Waals surface area contributed by atoms with Crippen LogP contribution in [0.15, 0.2) is 0 Å². The molecule has 2 nitrogen and oxygen atoms in total. The van der Waals surface area contributed by atoms with Gasteiger partial charge in [0.15, 0.2) is 6.29 Å². The summed E-state index contributed by atoms with van der Waals surface area (Å²) in [7, 11) is 0. The molecule has 2 rings (SSSR count). The van der Waals surface area contributed by atoms with Gasteiger partial charge in [-0.1, -0.05) is 27.2 Å². The molecule has 0 amide bonds. The van der Waals surface area contributed by atoms with Crippen molar-refractivity contribution in [2.75, 3.05) is 13.2 Å². The quantitative estimate of drug-likeness (QED) is 0.694. The molecule has 1 aliphatic heterocycles. The first-order chi connectivity index (χ1) is 6.64. The lowest BCUT2D eigenvalue weighted by Crippen LogP contribution is -2.45. The van der Waals surface area contributed by atoms with Gasteiger partial charge in [0.25, 0.3) is 0 Å². The van der Waals surface area contributed by atoms with Crippen molar-refractivity contribution in [3.63, 3.8) is 0 Å². The van der Waals surface area contributed by atoms with E-state index in [0.29, 0.717) is 5.41 Å². The molecule has 0 N–H and O–H groups in total. The molecule has 14 heavy (non-hydrogen) atoms. The molecule has 0 bridgehead atoms. The number of hydrogen-bond donors (Lipinski definition) is 0. The van der Waals surface area contributed by atoms with E-state index in [9.17, 15) is 0 Å². The van der Waals surface area contributed by atoms with Crippen LogP contribution in [0.4, 0.5) is 0 Å². The average molecular weight is 198 g/mol. The Hall–Kier alpha value is -0.0800. The summed E-state index contributed by atoms with van der Waals surface area (Å²) in [5.41, 5.74) is 0.504. The van der Waals surface area contributed by atoms with E-state index in [1.807, 2.05) is 0 Å². The summed E-state index contributed by atoms with van der Waals surface area (Å²) >= 11 is 0. The SMILES string of the molecule is CCC1CC(CC2OCCO2)C1(C)C. The molecule has 0 aromatic carbocycles. The molecule has 0 spiro atoms. The Morgan fingerprint density at radius 1 is 1.14 bits per heavy atom. The molecule has 1 heterocycles. The van der Waals surface area contributed by atoms with Crippen molar-refractivity contribution in [2.45, 2.75) is 46.3 Å². The minimum Gasteiger partial charge on any atom is -0.350 e. The van der Waals surface area contributed by atoms with Gasteiger partial charge in [0, 0.05) is 6.42 Å². The Bertz CT molecular complexity index is 194. The molecule has 2 atom stereocenters. The molecular weight excluding hydrogens is 176 g/mol. The molecule has 0 radical (unpaired) electrons. The van der Waals surface area contributed by atoms with Crippen LogP contribution >= 0.6 is 0 Å². The summed E-state index contributed by atoms with van der Waals surface area (Å²) in [5, 5.41) is 0. The Balaban J connectivity index is 1.82. The minimum absolute atomic E-state index is 0.0945. The lowest BCUT2D eigenvalue weighted by atomic mass is 9.53. The van der Waals surface area contributed by atoms with Crippen molar-refractivity contribution >= 4 is 0 Å². The number of hydrogen-bond acceptors (Lipinski definition) is 2. The highest BCUT2D eigenvalue weighted by Crippen LogP contribution is 2.54. The summed E-state index contributed by atoms with van der Waals surface area (Å²) in [6, 6.07) is 0. The van der Waals surface area contributed by atoms with E-state index >= 15 is 0 Å². The van der Waals surface area contributed by atoms with Gasteiger partial charge in [-0.15, -0.1) is 0 Å². The minimum atomic E-state index is 0.0945. The smallest absolute Gasteiger partial charge is 0.158 e. The average Bonchev–Trinajstić information content (AvgIpc) is 2.64. The van der Waals surface area contributed by atoms with E-state index in [2.05, 4.69) is 20.8 Å². The molecular formula is C12H22O2. The van der Waals surface area contributed by atoms with Gasteiger partial charge in [-0.2, -0.15) is 0 Å². The highest BCUT2D eigenvalue weighted by atomic mass is 16.7. The normalized spacial score (nSPS) is 37.1. The Morgan fingerprint density at radius 3 is 2.29 bits per heavy atom. The first-order valence-corrected chi connectivity index (χ1v) is 5.87. The van der Waals surface area contributed by atoms with Gasteiger partial charge in [-0.3, -0.25) is 0 Å². The molecule has 2 aliphatic rings. The molecule has 1 saturated carbocycles. The standard InChI is InChI=1S/C12H22O2/c1-4-9-7-10(12(9,2)3)8-11-13-5-6-14-11/h9-11H,4-8H2,1-3H3. The molecule has 0 aromatic rings. The molecule has 0 aromatic heterocycles. The van der Waals surface area contributed by atoms with Crippen LogP contribution in [0.2, 0.25) is 0 Å². The molecule has 2 unspecified atom stereocenters. The zero-order chi connectivity index (χ0) is 10.2. The van der Waals surface area contributed by atoms with E-state index < -0.39 is 0 Å². The topological polar surface area (TPSA) is 18.5 Å². The summed E-state index contributed by atoms with van der Waals surface area (Å²) in [6.07, 6.45) is 3.88. The van der Waals surface area contributed by atoms with Crippen LogP contribution in [-0.2, 0) is 9.47 Å². The van der Waals surface area contributed by atoms with E-state index in [1.165, 1.54) is 12.8 Å². The molecule has 2 fully saturated rings. The molecule has 1 aliphatic carbocycles. The van der Waals surface area contributed by atoms with Crippen LogP contribution in [0.1, 0.15) is 40.0 Å². The van der Waals surface area contributed by atoms with Crippen LogP contribution in [0.3, 0.4) is 0 Å². The fourth-order valence-corrected chi connectivity index (χ4v) is 2.99. The Labute approximate surface area is 87.0 Å². The van der Waals surface area contributed by atoms with Crippen molar-refractivity contribution in [1.29, 1.82) is 0 Å². The van der Waals surface area contributed by atoms with Crippen molar-refractivity contribution in [2.24, 2.45) is 17.3 Å². The van der Waals surface area contributed by atoms with Crippen LogP contribution in [0.5, 0.6) is 0 Å². The zero-order valence-corrected chi connectivity index (χ0v) is 9.58. The third kappa shape index (κ3) is 1.70. The largest absolute Gasteiger partial charge is 0.350 e. The predicted molar refractivity (Wildman–Crippen MR) is 56.0 cm³/mol. The second-order valence-corrected chi connectivity index (χ2v) is 5.27. The third-order valence-electron chi connectivity index (χ3n) is 4.33. The van der Waals surface area contributed by atoms with Crippen molar-refractivity contribution < 1.29 is 9.47 Å². The van der Waals surface area contributed by atoms with E-state index in [4.69, 9.17) is 9.47 Å². The molecule has 82 valence electrons. The van der Waals surface area contributed by atoms with Crippen molar-refractivity contribution in [3.05, 3.63) is 0 Å². The molecule has 1 saturated heterocycles. The maximum atomic E-state index is 5.50. The fraction of sp³-hybridized carbons (Fsp3) is 1.00. The van der Waals surface area contributed by atoms with Gasteiger partial charge in [0.05, 0.1) is 13.2 Å². The van der Waals surface area contributed by atoms with Crippen LogP contribution in [0, 0.1) is 17.3 Å². The predicted octanol–water partition coefficient (Wildman–Crippen LogP) is 2.82. The zero-order valence-electron chi connectivity index (χ0n) is 9.58. The van der Waals surface area contributed by atoms with Gasteiger partial charge in [-0.25, -0.2) is 0 Å². The van der Waals surface area contributed by atoms with Gasteiger partial charge < -0.3 is 9.47 Å². The first-order valence-electron chi connectivity index (χ1n) is 5.87. The van der Waals surface area contributed by atoms with Crippen LogP contribution < -0.4 is 0 Å². The fourth-order valence-electron chi connectivity index (χ4n) is 2.99. The van der Waals surface area contributed by atoms with Crippen LogP contribution in [0.25, 0.3) is 0 Å². The Morgan fingerprint density at radius 2 is 1.79 bits per heavy atom. The maximum absolute atomic E-state index is 5.50. The third-order valence-corrected chi connectivity index (χ3v) is 4.33. The summed E-state index contributed by atoms with van der Waals surface area (Å²) < 4.78 is 11.0. The Kier molecular flexibility index (Phi) is 2.85. The van der Waals surface area contributed by atoms with E-state index in [1.54, 1.807) is 0 Å². The van der Waals surface area contributed by atoms with E-state index in [0.717, 1.165) is 31.5 Å². The van der Waals surface area contributed by atoms with Gasteiger partial charge >= 0.3 is 0 Å². The van der Waals surface area contributed by atoms with Gasteiger partial charge in [-0.05, 0) is 23.7 Å². The van der Waals surface area contributed by atoms with Gasteiger partial charge in [0.2, 0.25) is 0 Å². The number of ether oxygens (including phenoxy) is 2. The lowest BCUT2D eigenvalue weighted by molar-refractivity contribution is -0.111. The highest BCUT2D eigenvalue weighted by molar-refractivity contribution is 4.96. The van der Waals surface area contributed by atoms with Crippen molar-refractivity contribution in [3.8, 4) is 0 Å². The summed E-state index contributed by atoms with van der Waals surface area (Å²) in [4.78, 5) is 0. The number of rotatable bonds is 3. The van der Waals surface area contributed by atoms with Crippen LogP contribution in [-0.4, -0.2) is 19.5 Å². The second kappa shape index (κ2) is 3.82. The summed E-state index contributed by atoms with van der Waals surface area (Å²) in [6.45, 7) is 8.66. The summed E-state index contributed by atoms with van der Waals surface area (Å²) in [5.74, 6) is 1.71. The lowest BCUT2D eigenvalue weighted by Gasteiger charge is -2.53. The highest BCUT2D eigenvalue weighted by Gasteiger charge is 2.47. The van der Waals surface area contributed by atoms with Crippen molar-refractivity contribution in [1.82, 2.24) is 0 Å². The maximum Gasteiger partial charge on any atom is 0.158 e. The first kappa shape index (κ1) is 10.4. The van der Waals surface area contributed by atoms with Gasteiger partial charge in [0.1, 0.15) is 0 Å². The molecule has 2 heteroatoms. The van der Waals surface area contributed by atoms with E-state index in [-0.39, 0.29) is 6.29 Å².